The van der Waals surface area contributed by atoms with Crippen LogP contribution in [-0.4, -0.2) is 49.1 Å². The molecule has 0 radical (unpaired) electrons. The summed E-state index contributed by atoms with van der Waals surface area (Å²) >= 11 is 0. The van der Waals surface area contributed by atoms with Gasteiger partial charge < -0.3 is 19.4 Å². The van der Waals surface area contributed by atoms with Gasteiger partial charge in [0.2, 0.25) is 0 Å². The molecule has 0 saturated carbocycles. The number of ether oxygens (including phenoxy) is 2. The van der Waals surface area contributed by atoms with Crippen molar-refractivity contribution in [1.82, 2.24) is 14.9 Å². The fourth-order valence-electron chi connectivity index (χ4n) is 2.04. The normalized spacial score (nSPS) is 12.8. The average Bonchev–Trinajstić information content (AvgIpc) is 2.83. The second-order valence-corrected chi connectivity index (χ2v) is 4.56. The molecule has 1 aromatic heterocycles. The number of hydrogen-bond donors (Lipinski definition) is 1. The first kappa shape index (κ1) is 16.1. The summed E-state index contributed by atoms with van der Waals surface area (Å²) in [5.41, 5.74) is 0. The van der Waals surface area contributed by atoms with Gasteiger partial charge >= 0.3 is 0 Å². The molecule has 1 rings (SSSR count). The van der Waals surface area contributed by atoms with Crippen LogP contribution in [0.5, 0.6) is 0 Å². The Morgan fingerprint density at radius 1 is 1.37 bits per heavy atom. The Hall–Kier alpha value is -0.910. The summed E-state index contributed by atoms with van der Waals surface area (Å²) in [5, 5.41) is 3.45. The van der Waals surface area contributed by atoms with Gasteiger partial charge in [0.25, 0.3) is 0 Å². The number of methoxy groups -OCH3 is 1. The van der Waals surface area contributed by atoms with Crippen LogP contribution in [0.3, 0.4) is 0 Å². The summed E-state index contributed by atoms with van der Waals surface area (Å²) in [4.78, 5) is 4.44. The van der Waals surface area contributed by atoms with Crippen molar-refractivity contribution < 1.29 is 9.47 Å². The molecule has 0 aliphatic heterocycles. The second-order valence-electron chi connectivity index (χ2n) is 4.56. The Balaban J connectivity index is 2.44. The van der Waals surface area contributed by atoms with Gasteiger partial charge in [0.05, 0.1) is 19.8 Å². The Morgan fingerprint density at radius 2 is 2.21 bits per heavy atom. The van der Waals surface area contributed by atoms with E-state index in [2.05, 4.69) is 28.7 Å². The number of aryl methyl sites for hydroxylation is 1. The molecule has 0 amide bonds. The fraction of sp³-hybridized carbons (Fsp3) is 0.786. The highest BCUT2D eigenvalue weighted by Gasteiger charge is 2.12. The Bertz CT molecular complexity index is 328. The molecule has 110 valence electrons. The van der Waals surface area contributed by atoms with Crippen molar-refractivity contribution in [2.45, 2.75) is 39.3 Å². The van der Waals surface area contributed by atoms with Crippen molar-refractivity contribution in [2.75, 3.05) is 33.5 Å². The van der Waals surface area contributed by atoms with Crippen LogP contribution < -0.4 is 5.32 Å². The molecule has 5 heteroatoms. The summed E-state index contributed by atoms with van der Waals surface area (Å²) in [7, 11) is 1.69. The van der Waals surface area contributed by atoms with Crippen molar-refractivity contribution in [1.29, 1.82) is 0 Å². The first-order valence-electron chi connectivity index (χ1n) is 7.11. The molecule has 0 aromatic carbocycles. The zero-order valence-corrected chi connectivity index (χ0v) is 12.4. The minimum Gasteiger partial charge on any atom is -0.382 e. The lowest BCUT2D eigenvalue weighted by atomic mass is 10.2. The van der Waals surface area contributed by atoms with Gasteiger partial charge in [-0.1, -0.05) is 13.8 Å². The average molecular weight is 269 g/mol. The number of rotatable bonds is 11. The van der Waals surface area contributed by atoms with E-state index >= 15 is 0 Å². The molecule has 1 aromatic rings. The van der Waals surface area contributed by atoms with E-state index in [1.54, 1.807) is 7.11 Å². The van der Waals surface area contributed by atoms with Crippen LogP contribution in [-0.2, 0) is 22.4 Å². The Kier molecular flexibility index (Phi) is 8.45. The van der Waals surface area contributed by atoms with Gasteiger partial charge in [0, 0.05) is 38.5 Å². The number of imidazole rings is 1. The van der Waals surface area contributed by atoms with Gasteiger partial charge in [0.15, 0.2) is 0 Å². The van der Waals surface area contributed by atoms with E-state index in [1.807, 2.05) is 12.4 Å². The van der Waals surface area contributed by atoms with Crippen molar-refractivity contribution in [3.8, 4) is 0 Å². The van der Waals surface area contributed by atoms with E-state index in [0.717, 1.165) is 31.8 Å². The number of nitrogens with zero attached hydrogens (tertiary/aromatic N) is 2. The van der Waals surface area contributed by atoms with E-state index in [-0.39, 0.29) is 0 Å². The standard InChI is InChI=1S/C14H27N3O2/c1-4-7-17-8-6-16-14(17)11-13(15-5-2)12-19-10-9-18-3/h6,8,13,15H,4-5,7,9-12H2,1-3H3. The maximum absolute atomic E-state index is 5.61. The maximum atomic E-state index is 5.61. The minimum atomic E-state index is 0.305. The van der Waals surface area contributed by atoms with Crippen LogP contribution in [0.25, 0.3) is 0 Å². The van der Waals surface area contributed by atoms with Crippen molar-refractivity contribution in [3.63, 3.8) is 0 Å². The quantitative estimate of drug-likeness (QED) is 0.618. The molecule has 19 heavy (non-hydrogen) atoms. The molecule has 1 atom stereocenters. The number of aromatic nitrogens is 2. The summed E-state index contributed by atoms with van der Waals surface area (Å²) in [5.74, 6) is 1.13. The lowest BCUT2D eigenvalue weighted by Crippen LogP contribution is -2.36. The number of likely N-dealkylation sites (N-methyl/N-ethyl adjacent to an activating group) is 1. The van der Waals surface area contributed by atoms with Crippen LogP contribution in [0.2, 0.25) is 0 Å². The monoisotopic (exact) mass is 269 g/mol. The largest absolute Gasteiger partial charge is 0.382 e. The van der Waals surface area contributed by atoms with E-state index in [4.69, 9.17) is 9.47 Å². The Morgan fingerprint density at radius 3 is 2.89 bits per heavy atom. The third-order valence-electron chi connectivity index (χ3n) is 2.94. The lowest BCUT2D eigenvalue weighted by molar-refractivity contribution is 0.0586. The molecule has 0 aliphatic rings. The Labute approximate surface area is 116 Å². The molecule has 0 spiro atoms. The predicted octanol–water partition coefficient (Wildman–Crippen LogP) is 1.48. The summed E-state index contributed by atoms with van der Waals surface area (Å²) in [6.45, 7) is 8.23. The highest BCUT2D eigenvalue weighted by molar-refractivity contribution is 4.95. The molecule has 0 aliphatic carbocycles. The third-order valence-corrected chi connectivity index (χ3v) is 2.94. The molecule has 1 unspecified atom stereocenters. The first-order valence-corrected chi connectivity index (χ1v) is 7.11. The molecule has 1 N–H and O–H groups in total. The molecule has 0 saturated heterocycles. The molecule has 5 nitrogen and oxygen atoms in total. The zero-order chi connectivity index (χ0) is 13.9. The molecule has 0 bridgehead atoms. The van der Waals surface area contributed by atoms with Crippen molar-refractivity contribution >= 4 is 0 Å². The number of hydrogen-bond acceptors (Lipinski definition) is 4. The van der Waals surface area contributed by atoms with E-state index < -0.39 is 0 Å². The third kappa shape index (κ3) is 6.18. The van der Waals surface area contributed by atoms with Gasteiger partial charge in [-0.25, -0.2) is 4.98 Å². The van der Waals surface area contributed by atoms with E-state index in [1.165, 1.54) is 0 Å². The zero-order valence-electron chi connectivity index (χ0n) is 12.4. The van der Waals surface area contributed by atoms with Crippen LogP contribution in [0, 0.1) is 0 Å². The summed E-state index contributed by atoms with van der Waals surface area (Å²) < 4.78 is 12.8. The highest BCUT2D eigenvalue weighted by atomic mass is 16.5. The van der Waals surface area contributed by atoms with Gasteiger partial charge in [-0.15, -0.1) is 0 Å². The number of nitrogens with one attached hydrogen (secondary N) is 1. The second kappa shape index (κ2) is 9.95. The highest BCUT2D eigenvalue weighted by Crippen LogP contribution is 2.04. The summed E-state index contributed by atoms with van der Waals surface area (Å²) in [6.07, 6.45) is 5.95. The first-order chi connectivity index (χ1) is 9.31. The van der Waals surface area contributed by atoms with Crippen LogP contribution >= 0.6 is 0 Å². The molecular weight excluding hydrogens is 242 g/mol. The van der Waals surface area contributed by atoms with Crippen LogP contribution in [0.15, 0.2) is 12.4 Å². The smallest absolute Gasteiger partial charge is 0.110 e. The van der Waals surface area contributed by atoms with Gasteiger partial charge in [-0.2, -0.15) is 0 Å². The van der Waals surface area contributed by atoms with Crippen LogP contribution in [0.1, 0.15) is 26.1 Å². The molecule has 0 fully saturated rings. The van der Waals surface area contributed by atoms with Crippen LogP contribution in [0.4, 0.5) is 0 Å². The summed E-state index contributed by atoms with van der Waals surface area (Å²) in [6, 6.07) is 0.305. The van der Waals surface area contributed by atoms with E-state index in [0.29, 0.717) is 25.9 Å². The SMILES string of the molecule is CCCn1ccnc1CC(COCCOC)NCC. The maximum Gasteiger partial charge on any atom is 0.110 e. The topological polar surface area (TPSA) is 48.3 Å². The predicted molar refractivity (Wildman–Crippen MR) is 76.4 cm³/mol. The molecular formula is C14H27N3O2. The minimum absolute atomic E-state index is 0.305. The van der Waals surface area contributed by atoms with Gasteiger partial charge in [0.1, 0.15) is 5.82 Å². The molecule has 1 heterocycles. The van der Waals surface area contributed by atoms with Gasteiger partial charge in [-0.05, 0) is 13.0 Å². The van der Waals surface area contributed by atoms with Crippen molar-refractivity contribution in [2.24, 2.45) is 0 Å². The van der Waals surface area contributed by atoms with Crippen molar-refractivity contribution in [3.05, 3.63) is 18.2 Å². The van der Waals surface area contributed by atoms with Gasteiger partial charge in [-0.3, -0.25) is 0 Å². The fourth-order valence-corrected chi connectivity index (χ4v) is 2.04. The lowest BCUT2D eigenvalue weighted by Gasteiger charge is -2.18. The van der Waals surface area contributed by atoms with E-state index in [9.17, 15) is 0 Å².